The second kappa shape index (κ2) is 6.85. The van der Waals surface area contributed by atoms with E-state index in [4.69, 9.17) is 0 Å². The second-order valence-electron chi connectivity index (χ2n) is 6.64. The predicted octanol–water partition coefficient (Wildman–Crippen LogP) is 4.06. The Morgan fingerprint density at radius 3 is 2.70 bits per heavy atom. The molecule has 3 nitrogen and oxygen atoms in total. The summed E-state index contributed by atoms with van der Waals surface area (Å²) in [7, 11) is 2.19. The van der Waals surface area contributed by atoms with Crippen molar-refractivity contribution in [3.8, 4) is 10.4 Å². The Morgan fingerprint density at radius 1 is 1.39 bits per heavy atom. The molecule has 1 fully saturated rings. The number of aromatic nitrogens is 1. The lowest BCUT2D eigenvalue weighted by Gasteiger charge is -2.23. The molecule has 3 rings (SSSR count). The van der Waals surface area contributed by atoms with Gasteiger partial charge in [0.2, 0.25) is 0 Å². The number of rotatable bonds is 5. The van der Waals surface area contributed by atoms with Crippen LogP contribution in [0.15, 0.2) is 42.1 Å². The Morgan fingerprint density at radius 2 is 2.13 bits per heavy atom. The highest BCUT2D eigenvalue weighted by Crippen LogP contribution is 2.27. The van der Waals surface area contributed by atoms with Crippen LogP contribution < -0.4 is 5.32 Å². The molecule has 1 N–H and O–H groups in total. The van der Waals surface area contributed by atoms with Crippen LogP contribution in [0, 0.1) is 12.8 Å². The lowest BCUT2D eigenvalue weighted by molar-refractivity contribution is 0.330. The highest BCUT2D eigenvalue weighted by Gasteiger charge is 2.28. The summed E-state index contributed by atoms with van der Waals surface area (Å²) < 4.78 is 0. The number of nitrogens with one attached hydrogen (secondary N) is 1. The van der Waals surface area contributed by atoms with Crippen LogP contribution in [-0.4, -0.2) is 29.5 Å². The number of aryl methyl sites for hydroxylation is 1. The molecule has 1 unspecified atom stereocenters. The van der Waals surface area contributed by atoms with Crippen LogP contribution in [0.5, 0.6) is 0 Å². The van der Waals surface area contributed by atoms with Gasteiger partial charge in [-0.25, -0.2) is 4.98 Å². The summed E-state index contributed by atoms with van der Waals surface area (Å²) in [6.07, 6.45) is 1.20. The van der Waals surface area contributed by atoms with Crippen molar-refractivity contribution in [2.24, 2.45) is 5.92 Å². The molecule has 23 heavy (non-hydrogen) atoms. The van der Waals surface area contributed by atoms with E-state index < -0.39 is 0 Å². The Labute approximate surface area is 143 Å². The summed E-state index contributed by atoms with van der Waals surface area (Å²) in [5.41, 5.74) is 6.68. The normalized spacial score (nSPS) is 21.5. The van der Waals surface area contributed by atoms with Gasteiger partial charge in [0, 0.05) is 24.8 Å². The zero-order chi connectivity index (χ0) is 16.4. The van der Waals surface area contributed by atoms with Gasteiger partial charge in [-0.2, -0.15) is 0 Å². The predicted molar refractivity (Wildman–Crippen MR) is 98.5 cm³/mol. The minimum atomic E-state index is 0.462. The molecule has 1 saturated heterocycles. The molecule has 0 aliphatic carbocycles. The number of hydrogen-bond acceptors (Lipinski definition) is 4. The van der Waals surface area contributed by atoms with Gasteiger partial charge in [-0.05, 0) is 37.4 Å². The Hall–Kier alpha value is -1.65. The monoisotopic (exact) mass is 327 g/mol. The Bertz CT molecular complexity index is 674. The van der Waals surface area contributed by atoms with Crippen molar-refractivity contribution >= 4 is 11.3 Å². The molecule has 1 aromatic carbocycles. The van der Waals surface area contributed by atoms with Gasteiger partial charge in [-0.15, -0.1) is 11.3 Å². The molecule has 2 heterocycles. The van der Waals surface area contributed by atoms with Crippen LogP contribution in [0.3, 0.4) is 0 Å². The lowest BCUT2D eigenvalue weighted by Crippen LogP contribution is -2.32. The van der Waals surface area contributed by atoms with E-state index in [9.17, 15) is 0 Å². The van der Waals surface area contributed by atoms with Gasteiger partial charge < -0.3 is 5.32 Å². The van der Waals surface area contributed by atoms with Crippen LogP contribution >= 0.6 is 11.3 Å². The van der Waals surface area contributed by atoms with E-state index in [1.54, 1.807) is 11.3 Å². The maximum absolute atomic E-state index is 4.32. The van der Waals surface area contributed by atoms with Crippen LogP contribution in [0.2, 0.25) is 0 Å². The van der Waals surface area contributed by atoms with Crippen LogP contribution in [-0.2, 0) is 6.54 Å². The molecule has 4 heteroatoms. The summed E-state index contributed by atoms with van der Waals surface area (Å²) in [5.74, 6) is 0.755. The van der Waals surface area contributed by atoms with Crippen molar-refractivity contribution < 1.29 is 0 Å². The van der Waals surface area contributed by atoms with E-state index in [2.05, 4.69) is 66.9 Å². The summed E-state index contributed by atoms with van der Waals surface area (Å²) >= 11 is 1.70. The number of nitrogens with zero attached hydrogens (tertiary/aromatic N) is 2. The smallest absolute Gasteiger partial charge is 0.0801 e. The van der Waals surface area contributed by atoms with E-state index in [0.717, 1.165) is 30.4 Å². The summed E-state index contributed by atoms with van der Waals surface area (Å²) in [4.78, 5) is 7.98. The van der Waals surface area contributed by atoms with E-state index in [1.807, 2.05) is 5.51 Å². The molecule has 1 aromatic heterocycles. The first-order valence-electron chi connectivity index (χ1n) is 8.17. The van der Waals surface area contributed by atoms with Crippen molar-refractivity contribution in [3.05, 3.63) is 53.3 Å². The number of likely N-dealkylation sites (tertiary alicyclic amines) is 1. The third-order valence-electron chi connectivity index (χ3n) is 4.64. The van der Waals surface area contributed by atoms with Crippen molar-refractivity contribution in [3.63, 3.8) is 0 Å². The number of thiazole rings is 1. The van der Waals surface area contributed by atoms with Crippen molar-refractivity contribution in [1.82, 2.24) is 15.2 Å². The molecule has 1 aliphatic rings. The summed E-state index contributed by atoms with van der Waals surface area (Å²) in [5, 5.41) is 3.51. The third kappa shape index (κ3) is 3.65. The van der Waals surface area contributed by atoms with E-state index in [0.29, 0.717) is 6.04 Å². The Kier molecular flexibility index (Phi) is 4.83. The summed E-state index contributed by atoms with van der Waals surface area (Å²) in [6, 6.07) is 9.21. The van der Waals surface area contributed by atoms with Gasteiger partial charge in [-0.1, -0.05) is 37.8 Å². The van der Waals surface area contributed by atoms with Crippen LogP contribution in [0.1, 0.15) is 24.6 Å². The van der Waals surface area contributed by atoms with E-state index >= 15 is 0 Å². The molecule has 122 valence electrons. The van der Waals surface area contributed by atoms with Crippen molar-refractivity contribution in [2.75, 3.05) is 13.6 Å². The first-order chi connectivity index (χ1) is 11.0. The molecule has 0 bridgehead atoms. The fraction of sp³-hybridized carbons (Fsp3) is 0.421. The molecule has 0 spiro atoms. The molecular weight excluding hydrogens is 302 g/mol. The molecule has 0 radical (unpaired) electrons. The molecule has 0 amide bonds. The fourth-order valence-electron chi connectivity index (χ4n) is 3.35. The number of benzene rings is 1. The van der Waals surface area contributed by atoms with Crippen LogP contribution in [0.4, 0.5) is 0 Å². The third-order valence-corrected chi connectivity index (χ3v) is 5.62. The number of likely N-dealkylation sites (N-methyl/N-ethyl adjacent to an activating group) is 1. The van der Waals surface area contributed by atoms with E-state index in [1.165, 1.54) is 22.4 Å². The standard InChI is InChI=1S/C19H25N3S/c1-13-9-18(22(4)11-13)14(2)20-10-16-5-7-17(8-6-16)19-15(3)21-12-23-19/h5-8,12-13,18,20H,2,9-11H2,1,3-4H3/t13-,18?/m1/s1. The van der Waals surface area contributed by atoms with E-state index in [-0.39, 0.29) is 0 Å². The SMILES string of the molecule is C=C(NCc1ccc(-c2scnc2C)cc1)C1C[C@@H](C)CN1C. The van der Waals surface area contributed by atoms with Gasteiger partial charge in [0.15, 0.2) is 0 Å². The molecule has 0 saturated carbocycles. The molecule has 1 aliphatic heterocycles. The highest BCUT2D eigenvalue weighted by molar-refractivity contribution is 7.13. The zero-order valence-corrected chi connectivity index (χ0v) is 15.0. The first-order valence-corrected chi connectivity index (χ1v) is 9.05. The maximum Gasteiger partial charge on any atom is 0.0801 e. The van der Waals surface area contributed by atoms with Gasteiger partial charge in [0.05, 0.1) is 16.1 Å². The van der Waals surface area contributed by atoms with Gasteiger partial charge in [0.1, 0.15) is 0 Å². The highest BCUT2D eigenvalue weighted by atomic mass is 32.1. The Balaban J connectivity index is 1.59. The molecule has 2 aromatic rings. The van der Waals surface area contributed by atoms with Gasteiger partial charge in [-0.3, -0.25) is 4.90 Å². The zero-order valence-electron chi connectivity index (χ0n) is 14.2. The van der Waals surface area contributed by atoms with Gasteiger partial charge >= 0.3 is 0 Å². The quantitative estimate of drug-likeness (QED) is 0.897. The van der Waals surface area contributed by atoms with Gasteiger partial charge in [0.25, 0.3) is 0 Å². The average molecular weight is 327 g/mol. The molecule has 2 atom stereocenters. The second-order valence-corrected chi connectivity index (χ2v) is 7.49. The number of hydrogen-bond donors (Lipinski definition) is 1. The van der Waals surface area contributed by atoms with Crippen molar-refractivity contribution in [2.45, 2.75) is 32.9 Å². The topological polar surface area (TPSA) is 28.2 Å². The largest absolute Gasteiger partial charge is 0.383 e. The van der Waals surface area contributed by atoms with Crippen molar-refractivity contribution in [1.29, 1.82) is 0 Å². The van der Waals surface area contributed by atoms with Crippen LogP contribution in [0.25, 0.3) is 10.4 Å². The maximum atomic E-state index is 4.32. The minimum absolute atomic E-state index is 0.462. The fourth-order valence-corrected chi connectivity index (χ4v) is 4.16. The first kappa shape index (κ1) is 16.2. The lowest BCUT2D eigenvalue weighted by atomic mass is 10.1. The summed E-state index contributed by atoms with van der Waals surface area (Å²) in [6.45, 7) is 10.6. The minimum Gasteiger partial charge on any atom is -0.383 e. The molecular formula is C19H25N3S. The average Bonchev–Trinajstić information content (AvgIpc) is 3.10.